The van der Waals surface area contributed by atoms with Crippen LogP contribution in [0.5, 0.6) is 0 Å². The van der Waals surface area contributed by atoms with Gasteiger partial charge in [0.2, 0.25) is 0 Å². The lowest BCUT2D eigenvalue weighted by molar-refractivity contribution is 0.630. The summed E-state index contributed by atoms with van der Waals surface area (Å²) >= 11 is 0. The molecule has 5 heteroatoms. The number of aryl methyl sites for hydroxylation is 1. The van der Waals surface area contributed by atoms with Crippen molar-refractivity contribution in [1.82, 2.24) is 9.97 Å². The Labute approximate surface area is 112 Å². The molecule has 1 heterocycles. The quantitative estimate of drug-likeness (QED) is 0.864. The molecular formula is C14H17FN4. The number of halogens is 1. The van der Waals surface area contributed by atoms with Crippen LogP contribution in [0.15, 0.2) is 30.6 Å². The zero-order chi connectivity index (χ0) is 13.7. The third kappa shape index (κ3) is 3.40. The number of nitrogens with one attached hydrogen (secondary N) is 2. The molecule has 0 radical (unpaired) electrons. The first-order valence-corrected chi connectivity index (χ1v) is 6.28. The van der Waals surface area contributed by atoms with E-state index in [1.807, 2.05) is 13.0 Å². The fourth-order valence-corrected chi connectivity index (χ4v) is 1.68. The molecule has 19 heavy (non-hydrogen) atoms. The van der Waals surface area contributed by atoms with Gasteiger partial charge in [0.25, 0.3) is 0 Å². The molecule has 0 bridgehead atoms. The Bertz CT molecular complexity index is 537. The van der Waals surface area contributed by atoms with E-state index in [1.54, 1.807) is 18.5 Å². The SMILES string of the molecule is CCCNc1cncc(Nc2c(C)cccc2F)n1. The smallest absolute Gasteiger partial charge is 0.151 e. The van der Waals surface area contributed by atoms with Crippen LogP contribution in [0.2, 0.25) is 0 Å². The average Bonchev–Trinajstić information content (AvgIpc) is 2.41. The van der Waals surface area contributed by atoms with E-state index in [1.165, 1.54) is 6.07 Å². The third-order valence-electron chi connectivity index (χ3n) is 2.67. The van der Waals surface area contributed by atoms with Gasteiger partial charge < -0.3 is 10.6 Å². The summed E-state index contributed by atoms with van der Waals surface area (Å²) < 4.78 is 13.7. The maximum Gasteiger partial charge on any atom is 0.151 e. The molecule has 0 spiro atoms. The van der Waals surface area contributed by atoms with Gasteiger partial charge in [-0.1, -0.05) is 19.1 Å². The molecule has 2 N–H and O–H groups in total. The van der Waals surface area contributed by atoms with E-state index in [9.17, 15) is 4.39 Å². The minimum Gasteiger partial charge on any atom is -0.369 e. The largest absolute Gasteiger partial charge is 0.369 e. The molecule has 1 aromatic carbocycles. The first-order chi connectivity index (χ1) is 9.20. The number of benzene rings is 1. The van der Waals surface area contributed by atoms with Gasteiger partial charge in [-0.05, 0) is 25.0 Å². The van der Waals surface area contributed by atoms with Crippen molar-refractivity contribution < 1.29 is 4.39 Å². The normalized spacial score (nSPS) is 10.3. The van der Waals surface area contributed by atoms with Gasteiger partial charge in [-0.25, -0.2) is 9.37 Å². The van der Waals surface area contributed by atoms with Crippen molar-refractivity contribution in [2.45, 2.75) is 20.3 Å². The van der Waals surface area contributed by atoms with Crippen LogP contribution in [0, 0.1) is 12.7 Å². The predicted octanol–water partition coefficient (Wildman–Crippen LogP) is 3.49. The second kappa shape index (κ2) is 6.13. The van der Waals surface area contributed by atoms with Gasteiger partial charge in [0, 0.05) is 6.54 Å². The van der Waals surface area contributed by atoms with Crippen LogP contribution in [0.3, 0.4) is 0 Å². The van der Waals surface area contributed by atoms with Crippen LogP contribution in [0.4, 0.5) is 21.7 Å². The fraction of sp³-hybridized carbons (Fsp3) is 0.286. The van der Waals surface area contributed by atoms with Crippen LogP contribution in [0.1, 0.15) is 18.9 Å². The molecule has 0 saturated carbocycles. The van der Waals surface area contributed by atoms with Crippen molar-refractivity contribution >= 4 is 17.3 Å². The number of hydrogen-bond acceptors (Lipinski definition) is 4. The van der Waals surface area contributed by atoms with Crippen LogP contribution in [0.25, 0.3) is 0 Å². The lowest BCUT2D eigenvalue weighted by atomic mass is 10.2. The van der Waals surface area contributed by atoms with Crippen molar-refractivity contribution in [2.24, 2.45) is 0 Å². The summed E-state index contributed by atoms with van der Waals surface area (Å²) in [5, 5.41) is 6.11. The number of hydrogen-bond donors (Lipinski definition) is 2. The highest BCUT2D eigenvalue weighted by Crippen LogP contribution is 2.22. The number of aromatic nitrogens is 2. The summed E-state index contributed by atoms with van der Waals surface area (Å²) in [5.41, 5.74) is 1.26. The van der Waals surface area contributed by atoms with E-state index in [0.29, 0.717) is 17.3 Å². The molecule has 0 aliphatic heterocycles. The zero-order valence-electron chi connectivity index (χ0n) is 11.1. The van der Waals surface area contributed by atoms with Gasteiger partial charge in [-0.2, -0.15) is 0 Å². The number of nitrogens with zero attached hydrogens (tertiary/aromatic N) is 2. The summed E-state index contributed by atoms with van der Waals surface area (Å²) in [7, 11) is 0. The molecule has 2 rings (SSSR count). The van der Waals surface area contributed by atoms with Crippen molar-refractivity contribution in [2.75, 3.05) is 17.2 Å². The number of anilines is 3. The second-order valence-corrected chi connectivity index (χ2v) is 4.27. The summed E-state index contributed by atoms with van der Waals surface area (Å²) in [6, 6.07) is 4.95. The van der Waals surface area contributed by atoms with E-state index in [4.69, 9.17) is 0 Å². The second-order valence-electron chi connectivity index (χ2n) is 4.27. The van der Waals surface area contributed by atoms with Crippen molar-refractivity contribution in [3.05, 3.63) is 42.0 Å². The molecule has 1 aromatic heterocycles. The Morgan fingerprint density at radius 1 is 1.21 bits per heavy atom. The van der Waals surface area contributed by atoms with Gasteiger partial charge in [0.15, 0.2) is 5.82 Å². The molecule has 0 atom stereocenters. The molecule has 0 aliphatic rings. The Balaban J connectivity index is 2.19. The maximum atomic E-state index is 13.7. The van der Waals surface area contributed by atoms with E-state index < -0.39 is 0 Å². The Kier molecular flexibility index (Phi) is 4.28. The van der Waals surface area contributed by atoms with Gasteiger partial charge in [-0.15, -0.1) is 0 Å². The van der Waals surface area contributed by atoms with E-state index in [0.717, 1.165) is 18.5 Å². The Hall–Kier alpha value is -2.17. The predicted molar refractivity (Wildman–Crippen MR) is 75.2 cm³/mol. The summed E-state index contributed by atoms with van der Waals surface area (Å²) in [4.78, 5) is 8.42. The monoisotopic (exact) mass is 260 g/mol. The highest BCUT2D eigenvalue weighted by Gasteiger charge is 2.06. The van der Waals surface area contributed by atoms with Gasteiger partial charge >= 0.3 is 0 Å². The first-order valence-electron chi connectivity index (χ1n) is 6.28. The summed E-state index contributed by atoms with van der Waals surface area (Å²) in [5.74, 6) is 0.906. The van der Waals surface area contributed by atoms with Crippen LogP contribution in [-0.2, 0) is 0 Å². The Morgan fingerprint density at radius 3 is 2.74 bits per heavy atom. The molecule has 0 amide bonds. The van der Waals surface area contributed by atoms with E-state index in [-0.39, 0.29) is 5.82 Å². The topological polar surface area (TPSA) is 49.8 Å². The number of rotatable bonds is 5. The molecule has 100 valence electrons. The summed E-state index contributed by atoms with van der Waals surface area (Å²) in [6.07, 6.45) is 4.23. The lowest BCUT2D eigenvalue weighted by Crippen LogP contribution is -2.05. The minimum absolute atomic E-state index is 0.297. The molecule has 0 aliphatic carbocycles. The molecular weight excluding hydrogens is 243 g/mol. The Morgan fingerprint density at radius 2 is 2.00 bits per heavy atom. The maximum absolute atomic E-state index is 13.7. The highest BCUT2D eigenvalue weighted by atomic mass is 19.1. The molecule has 2 aromatic rings. The van der Waals surface area contributed by atoms with Crippen LogP contribution in [-0.4, -0.2) is 16.5 Å². The first kappa shape index (κ1) is 13.3. The van der Waals surface area contributed by atoms with Crippen molar-refractivity contribution in [1.29, 1.82) is 0 Å². The minimum atomic E-state index is -0.297. The molecule has 0 unspecified atom stereocenters. The number of para-hydroxylation sites is 1. The average molecular weight is 260 g/mol. The highest BCUT2D eigenvalue weighted by molar-refractivity contribution is 5.61. The fourth-order valence-electron chi connectivity index (χ4n) is 1.68. The molecule has 4 nitrogen and oxygen atoms in total. The van der Waals surface area contributed by atoms with Gasteiger partial charge in [-0.3, -0.25) is 4.98 Å². The van der Waals surface area contributed by atoms with E-state index in [2.05, 4.69) is 27.5 Å². The summed E-state index contributed by atoms with van der Waals surface area (Å²) in [6.45, 7) is 4.75. The molecule has 0 fully saturated rings. The van der Waals surface area contributed by atoms with Crippen molar-refractivity contribution in [3.63, 3.8) is 0 Å². The zero-order valence-corrected chi connectivity index (χ0v) is 11.1. The van der Waals surface area contributed by atoms with Crippen LogP contribution >= 0.6 is 0 Å². The van der Waals surface area contributed by atoms with E-state index >= 15 is 0 Å². The third-order valence-corrected chi connectivity index (χ3v) is 2.67. The van der Waals surface area contributed by atoms with Gasteiger partial charge in [0.1, 0.15) is 11.6 Å². The molecule has 0 saturated heterocycles. The lowest BCUT2D eigenvalue weighted by Gasteiger charge is -2.10. The van der Waals surface area contributed by atoms with Gasteiger partial charge in [0.05, 0.1) is 18.1 Å². The standard InChI is InChI=1S/C14H17FN4/c1-3-7-17-12-8-16-9-13(18-12)19-14-10(2)5-4-6-11(14)15/h4-6,8-9H,3,7H2,1-2H3,(H2,17,18,19). The van der Waals surface area contributed by atoms with Crippen molar-refractivity contribution in [3.8, 4) is 0 Å². The van der Waals surface area contributed by atoms with Crippen LogP contribution < -0.4 is 10.6 Å².